The number of aromatic nitrogens is 2. The van der Waals surface area contributed by atoms with E-state index in [-0.39, 0.29) is 40.9 Å². The van der Waals surface area contributed by atoms with Crippen LogP contribution in [0.15, 0.2) is 18.3 Å². The van der Waals surface area contributed by atoms with Gasteiger partial charge < -0.3 is 26.8 Å². The Morgan fingerprint density at radius 1 is 1.30 bits per heavy atom. The van der Waals surface area contributed by atoms with Crippen molar-refractivity contribution in [1.82, 2.24) is 9.97 Å². The minimum Gasteiger partial charge on any atom is -0.479 e. The second kappa shape index (κ2) is 8.58. The maximum atomic E-state index is 14.4. The summed E-state index contributed by atoms with van der Waals surface area (Å²) in [5.41, 5.74) is 11.2. The Labute approximate surface area is 155 Å². The second-order valence-corrected chi connectivity index (χ2v) is 5.94. The molecule has 146 valence electrons. The van der Waals surface area contributed by atoms with Crippen LogP contribution in [0.3, 0.4) is 0 Å². The number of hydrogen-bond donors (Lipinski definition) is 4. The van der Waals surface area contributed by atoms with Crippen LogP contribution in [0.5, 0.6) is 5.88 Å². The molecule has 0 aliphatic rings. The minimum atomic E-state index is -0.892. The largest absolute Gasteiger partial charge is 0.479 e. The van der Waals surface area contributed by atoms with E-state index in [2.05, 4.69) is 20.6 Å². The SMILES string of the molecule is CC[C@@H](Nc1nc(Nc2cnc(OC)c(F)c2)c(C(N)=O)cc1F)[C@H](C)N. The lowest BCUT2D eigenvalue weighted by Gasteiger charge is -2.22. The zero-order valence-corrected chi connectivity index (χ0v) is 15.2. The molecule has 1 amide bonds. The van der Waals surface area contributed by atoms with E-state index in [1.54, 1.807) is 6.92 Å². The normalized spacial score (nSPS) is 13.0. The second-order valence-electron chi connectivity index (χ2n) is 5.94. The lowest BCUT2D eigenvalue weighted by Crippen LogP contribution is -2.38. The summed E-state index contributed by atoms with van der Waals surface area (Å²) in [6.45, 7) is 3.67. The number of nitrogens with two attached hydrogens (primary N) is 2. The van der Waals surface area contributed by atoms with E-state index in [1.807, 2.05) is 6.92 Å². The first-order chi connectivity index (χ1) is 12.8. The number of hydrogen-bond acceptors (Lipinski definition) is 7. The third-order valence-corrected chi connectivity index (χ3v) is 3.90. The van der Waals surface area contributed by atoms with Gasteiger partial charge in [-0.15, -0.1) is 0 Å². The van der Waals surface area contributed by atoms with Gasteiger partial charge in [-0.05, 0) is 19.4 Å². The average Bonchev–Trinajstić information content (AvgIpc) is 2.61. The number of nitrogens with zero attached hydrogens (tertiary/aromatic N) is 2. The highest BCUT2D eigenvalue weighted by molar-refractivity contribution is 5.98. The van der Waals surface area contributed by atoms with Gasteiger partial charge in [0.2, 0.25) is 5.88 Å². The molecule has 0 saturated heterocycles. The summed E-state index contributed by atoms with van der Waals surface area (Å²) >= 11 is 0. The van der Waals surface area contributed by atoms with Gasteiger partial charge in [-0.25, -0.2) is 18.7 Å². The van der Waals surface area contributed by atoms with E-state index < -0.39 is 17.5 Å². The third kappa shape index (κ3) is 4.79. The van der Waals surface area contributed by atoms with Gasteiger partial charge in [0.1, 0.15) is 5.82 Å². The van der Waals surface area contributed by atoms with Crippen LogP contribution in [0.1, 0.15) is 30.6 Å². The molecule has 0 bridgehead atoms. The number of pyridine rings is 2. The number of carbonyl (C=O) groups excluding carboxylic acids is 1. The molecule has 27 heavy (non-hydrogen) atoms. The van der Waals surface area contributed by atoms with Gasteiger partial charge in [0.25, 0.3) is 5.91 Å². The number of primary amides is 1. The van der Waals surface area contributed by atoms with Gasteiger partial charge in [-0.1, -0.05) is 6.92 Å². The molecule has 0 spiro atoms. The van der Waals surface area contributed by atoms with Crippen LogP contribution in [0, 0.1) is 11.6 Å². The fraction of sp³-hybridized carbons (Fsp3) is 0.353. The zero-order chi connectivity index (χ0) is 20.1. The van der Waals surface area contributed by atoms with Crippen molar-refractivity contribution >= 4 is 23.2 Å². The number of amides is 1. The van der Waals surface area contributed by atoms with Crippen molar-refractivity contribution < 1.29 is 18.3 Å². The monoisotopic (exact) mass is 380 g/mol. The van der Waals surface area contributed by atoms with Crippen LogP contribution in [0.25, 0.3) is 0 Å². The van der Waals surface area contributed by atoms with Gasteiger partial charge in [0.15, 0.2) is 17.5 Å². The molecule has 2 heterocycles. The summed E-state index contributed by atoms with van der Waals surface area (Å²) in [5, 5.41) is 5.63. The maximum Gasteiger partial charge on any atom is 0.252 e. The lowest BCUT2D eigenvalue weighted by molar-refractivity contribution is 0.100. The van der Waals surface area contributed by atoms with Crippen LogP contribution in [0.2, 0.25) is 0 Å². The molecule has 0 radical (unpaired) electrons. The molecular formula is C17H22F2N6O2. The van der Waals surface area contributed by atoms with E-state index in [0.29, 0.717) is 6.42 Å². The predicted octanol–water partition coefficient (Wildman–Crippen LogP) is 2.14. The summed E-state index contributed by atoms with van der Waals surface area (Å²) in [6.07, 6.45) is 1.91. The Morgan fingerprint density at radius 3 is 2.52 bits per heavy atom. The average molecular weight is 380 g/mol. The van der Waals surface area contributed by atoms with Crippen LogP contribution in [-0.4, -0.2) is 35.1 Å². The van der Waals surface area contributed by atoms with E-state index in [4.69, 9.17) is 16.2 Å². The van der Waals surface area contributed by atoms with E-state index in [9.17, 15) is 13.6 Å². The first-order valence-corrected chi connectivity index (χ1v) is 8.25. The molecule has 0 aliphatic carbocycles. The summed E-state index contributed by atoms with van der Waals surface area (Å²) in [7, 11) is 1.28. The molecule has 8 nitrogen and oxygen atoms in total. The van der Waals surface area contributed by atoms with Crippen molar-refractivity contribution in [1.29, 1.82) is 0 Å². The molecule has 2 atom stereocenters. The number of halogens is 2. The molecule has 0 aromatic carbocycles. The van der Waals surface area contributed by atoms with Crippen molar-refractivity contribution in [3.05, 3.63) is 35.5 Å². The number of rotatable bonds is 8. The van der Waals surface area contributed by atoms with Crippen LogP contribution in [0.4, 0.5) is 26.1 Å². The predicted molar refractivity (Wildman–Crippen MR) is 98.1 cm³/mol. The fourth-order valence-electron chi connectivity index (χ4n) is 2.43. The highest BCUT2D eigenvalue weighted by Gasteiger charge is 2.20. The van der Waals surface area contributed by atoms with E-state index >= 15 is 0 Å². The topological polar surface area (TPSA) is 128 Å². The smallest absolute Gasteiger partial charge is 0.252 e. The first kappa shape index (κ1) is 20.3. The van der Waals surface area contributed by atoms with Gasteiger partial charge in [0.05, 0.1) is 24.6 Å². The van der Waals surface area contributed by atoms with Crippen molar-refractivity contribution in [3.8, 4) is 5.88 Å². The minimum absolute atomic E-state index is 0.0442. The number of ether oxygens (including phenoxy) is 1. The van der Waals surface area contributed by atoms with Gasteiger partial charge in [-0.2, -0.15) is 0 Å². The quantitative estimate of drug-likeness (QED) is 0.552. The molecule has 0 fully saturated rings. The molecule has 0 unspecified atom stereocenters. The molecular weight excluding hydrogens is 358 g/mol. The van der Waals surface area contributed by atoms with E-state index in [1.165, 1.54) is 13.3 Å². The Balaban J connectivity index is 2.42. The Bertz CT molecular complexity index is 831. The summed E-state index contributed by atoms with van der Waals surface area (Å²) in [4.78, 5) is 19.5. The number of anilines is 3. The number of nitrogens with one attached hydrogen (secondary N) is 2. The van der Waals surface area contributed by atoms with Crippen molar-refractivity contribution in [2.24, 2.45) is 11.5 Å². The zero-order valence-electron chi connectivity index (χ0n) is 15.2. The van der Waals surface area contributed by atoms with Crippen LogP contribution >= 0.6 is 0 Å². The van der Waals surface area contributed by atoms with Crippen LogP contribution < -0.4 is 26.8 Å². The van der Waals surface area contributed by atoms with Gasteiger partial charge in [0, 0.05) is 18.2 Å². The standard InChI is InChI=1S/C17H22F2N6O2/c1-4-13(8(2)20)24-16-11(18)6-10(14(21)26)15(25-16)23-9-5-12(19)17(27-3)22-7-9/h5-8,13H,4,20H2,1-3H3,(H2,21,26)(H2,23,24,25)/t8-,13+/m0/s1. The van der Waals surface area contributed by atoms with Gasteiger partial charge >= 0.3 is 0 Å². The Kier molecular flexibility index (Phi) is 6.45. The lowest BCUT2D eigenvalue weighted by atomic mass is 10.1. The Morgan fingerprint density at radius 2 is 2.00 bits per heavy atom. The molecule has 2 aromatic heterocycles. The molecule has 10 heteroatoms. The van der Waals surface area contributed by atoms with Crippen LogP contribution in [-0.2, 0) is 0 Å². The summed E-state index contributed by atoms with van der Waals surface area (Å²) in [5.74, 6) is -2.70. The fourth-order valence-corrected chi connectivity index (χ4v) is 2.43. The number of methoxy groups -OCH3 is 1. The summed E-state index contributed by atoms with van der Waals surface area (Å²) in [6, 6.07) is 1.56. The van der Waals surface area contributed by atoms with Crippen molar-refractivity contribution in [2.45, 2.75) is 32.4 Å². The first-order valence-electron chi connectivity index (χ1n) is 8.25. The van der Waals surface area contributed by atoms with Gasteiger partial charge in [-0.3, -0.25) is 4.79 Å². The highest BCUT2D eigenvalue weighted by Crippen LogP contribution is 2.26. The van der Waals surface area contributed by atoms with E-state index in [0.717, 1.165) is 12.1 Å². The molecule has 0 saturated carbocycles. The van der Waals surface area contributed by atoms with Crippen molar-refractivity contribution in [2.75, 3.05) is 17.7 Å². The number of carbonyl (C=O) groups is 1. The molecule has 2 aromatic rings. The molecule has 6 N–H and O–H groups in total. The molecule has 0 aliphatic heterocycles. The molecule has 2 rings (SSSR count). The Hall–Kier alpha value is -3.01. The maximum absolute atomic E-state index is 14.4. The highest BCUT2D eigenvalue weighted by atomic mass is 19.1. The van der Waals surface area contributed by atoms with Crippen molar-refractivity contribution in [3.63, 3.8) is 0 Å². The summed E-state index contributed by atoms with van der Waals surface area (Å²) < 4.78 is 32.9. The third-order valence-electron chi connectivity index (χ3n) is 3.90.